The molecule has 2 rings (SSSR count). The van der Waals surface area contributed by atoms with Gasteiger partial charge < -0.3 is 9.64 Å². The highest BCUT2D eigenvalue weighted by atomic mass is 35.5. The number of nitrogens with zero attached hydrogens (tertiary/aromatic N) is 2. The van der Waals surface area contributed by atoms with Gasteiger partial charge >= 0.3 is 6.09 Å². The first-order chi connectivity index (χ1) is 9.97. The van der Waals surface area contributed by atoms with Crippen LogP contribution in [0.25, 0.3) is 0 Å². The quantitative estimate of drug-likeness (QED) is 0.829. The van der Waals surface area contributed by atoms with Crippen LogP contribution in [0.4, 0.5) is 4.79 Å². The Hall–Kier alpha value is -1.78. The van der Waals surface area contributed by atoms with Gasteiger partial charge in [0.05, 0.1) is 6.04 Å². The maximum absolute atomic E-state index is 12.1. The molecule has 4 nitrogen and oxygen atoms in total. The van der Waals surface area contributed by atoms with Gasteiger partial charge in [0, 0.05) is 29.5 Å². The van der Waals surface area contributed by atoms with Gasteiger partial charge in [-0.15, -0.1) is 0 Å². The van der Waals surface area contributed by atoms with Crippen molar-refractivity contribution in [1.82, 2.24) is 9.88 Å². The Balaban J connectivity index is 2.09. The summed E-state index contributed by atoms with van der Waals surface area (Å²) in [6.45, 7) is 1.89. The molecule has 1 amide bonds. The molecule has 0 bridgehead atoms. The summed E-state index contributed by atoms with van der Waals surface area (Å²) in [4.78, 5) is 17.7. The second-order valence-electron chi connectivity index (χ2n) is 4.55. The number of carbonyl (C=O) groups excluding carboxylic acids is 1. The molecule has 0 N–H and O–H groups in total. The zero-order valence-electron chi connectivity index (χ0n) is 11.6. The van der Waals surface area contributed by atoms with Crippen molar-refractivity contribution in [2.75, 3.05) is 7.05 Å². The third kappa shape index (κ3) is 4.09. The van der Waals surface area contributed by atoms with Gasteiger partial charge in [-0.2, -0.15) is 0 Å². The van der Waals surface area contributed by atoms with Crippen LogP contribution in [0, 0.1) is 0 Å². The average molecular weight is 325 g/mol. The fourth-order valence-electron chi connectivity index (χ4n) is 1.77. The van der Waals surface area contributed by atoms with Crippen LogP contribution < -0.4 is 4.74 Å². The van der Waals surface area contributed by atoms with Gasteiger partial charge in [-0.05, 0) is 36.8 Å². The predicted molar refractivity (Wildman–Crippen MR) is 82.9 cm³/mol. The summed E-state index contributed by atoms with van der Waals surface area (Å²) in [6, 6.07) is 8.20. The number of hydrogen-bond donors (Lipinski definition) is 0. The number of amides is 1. The lowest BCUT2D eigenvalue weighted by molar-refractivity contribution is 0.149. The molecule has 110 valence electrons. The number of pyridine rings is 1. The molecule has 1 atom stereocenters. The maximum atomic E-state index is 12.1. The van der Waals surface area contributed by atoms with E-state index in [1.54, 1.807) is 25.5 Å². The van der Waals surface area contributed by atoms with Crippen molar-refractivity contribution in [3.8, 4) is 5.75 Å². The SMILES string of the molecule is C[C@H](c1cccnc1)N(C)C(=O)Oc1cc(Cl)cc(Cl)c1. The Morgan fingerprint density at radius 2 is 1.95 bits per heavy atom. The highest BCUT2D eigenvalue weighted by Crippen LogP contribution is 2.25. The van der Waals surface area contributed by atoms with Crippen molar-refractivity contribution in [2.24, 2.45) is 0 Å². The van der Waals surface area contributed by atoms with E-state index >= 15 is 0 Å². The van der Waals surface area contributed by atoms with Crippen molar-refractivity contribution in [3.63, 3.8) is 0 Å². The van der Waals surface area contributed by atoms with Crippen LogP contribution in [0.5, 0.6) is 5.75 Å². The van der Waals surface area contributed by atoms with E-state index in [1.807, 2.05) is 19.1 Å². The Bertz CT molecular complexity index is 615. The zero-order chi connectivity index (χ0) is 15.4. The molecule has 0 spiro atoms. The van der Waals surface area contributed by atoms with Gasteiger partial charge in [0.15, 0.2) is 0 Å². The second-order valence-corrected chi connectivity index (χ2v) is 5.42. The summed E-state index contributed by atoms with van der Waals surface area (Å²) in [5.41, 5.74) is 0.918. The average Bonchev–Trinajstić information content (AvgIpc) is 2.45. The fourth-order valence-corrected chi connectivity index (χ4v) is 2.27. The summed E-state index contributed by atoms with van der Waals surface area (Å²) in [5, 5.41) is 0.821. The number of ether oxygens (including phenoxy) is 1. The molecular formula is C15H14Cl2N2O2. The molecule has 1 aromatic carbocycles. The van der Waals surface area contributed by atoms with Crippen molar-refractivity contribution < 1.29 is 9.53 Å². The minimum Gasteiger partial charge on any atom is -0.410 e. The monoisotopic (exact) mass is 324 g/mol. The van der Waals surface area contributed by atoms with E-state index < -0.39 is 6.09 Å². The van der Waals surface area contributed by atoms with Crippen molar-refractivity contribution in [1.29, 1.82) is 0 Å². The number of aromatic nitrogens is 1. The van der Waals surface area contributed by atoms with E-state index in [1.165, 1.54) is 17.0 Å². The van der Waals surface area contributed by atoms with Gasteiger partial charge in [-0.1, -0.05) is 29.3 Å². The Morgan fingerprint density at radius 1 is 1.29 bits per heavy atom. The topological polar surface area (TPSA) is 42.4 Å². The van der Waals surface area contributed by atoms with E-state index in [4.69, 9.17) is 27.9 Å². The molecule has 0 aliphatic carbocycles. The van der Waals surface area contributed by atoms with Gasteiger partial charge in [0.25, 0.3) is 0 Å². The summed E-state index contributed by atoms with van der Waals surface area (Å²) in [6.07, 6.45) is 2.90. The third-order valence-electron chi connectivity index (χ3n) is 3.08. The molecule has 0 fully saturated rings. The lowest BCUT2D eigenvalue weighted by atomic mass is 10.1. The zero-order valence-corrected chi connectivity index (χ0v) is 13.1. The van der Waals surface area contributed by atoms with Crippen LogP contribution in [-0.2, 0) is 0 Å². The molecule has 0 aliphatic heterocycles. The number of carbonyl (C=O) groups is 1. The van der Waals surface area contributed by atoms with Crippen LogP contribution >= 0.6 is 23.2 Å². The van der Waals surface area contributed by atoms with Crippen molar-refractivity contribution >= 4 is 29.3 Å². The summed E-state index contributed by atoms with van der Waals surface area (Å²) in [7, 11) is 1.66. The van der Waals surface area contributed by atoms with Crippen LogP contribution in [0.15, 0.2) is 42.7 Å². The molecule has 21 heavy (non-hydrogen) atoms. The normalized spacial score (nSPS) is 11.8. The highest BCUT2D eigenvalue weighted by molar-refractivity contribution is 6.34. The largest absolute Gasteiger partial charge is 0.415 e. The van der Waals surface area contributed by atoms with Gasteiger partial charge in [-0.3, -0.25) is 4.98 Å². The van der Waals surface area contributed by atoms with E-state index in [9.17, 15) is 4.79 Å². The minimum absolute atomic E-state index is 0.166. The highest BCUT2D eigenvalue weighted by Gasteiger charge is 2.19. The van der Waals surface area contributed by atoms with Crippen LogP contribution in [-0.4, -0.2) is 23.0 Å². The first-order valence-corrected chi connectivity index (χ1v) is 7.03. The van der Waals surface area contributed by atoms with Crippen molar-refractivity contribution in [3.05, 3.63) is 58.3 Å². The Kier molecular flexibility index (Phi) is 5.04. The van der Waals surface area contributed by atoms with Crippen molar-refractivity contribution in [2.45, 2.75) is 13.0 Å². The number of hydrogen-bond acceptors (Lipinski definition) is 3. The molecule has 0 aliphatic rings. The van der Waals surface area contributed by atoms with Crippen LogP contribution in [0.3, 0.4) is 0 Å². The second kappa shape index (κ2) is 6.78. The first kappa shape index (κ1) is 15.6. The number of benzene rings is 1. The summed E-state index contributed by atoms with van der Waals surface area (Å²) >= 11 is 11.7. The molecule has 0 saturated heterocycles. The minimum atomic E-state index is -0.496. The van der Waals surface area contributed by atoms with E-state index in [0.717, 1.165) is 5.56 Å². The van der Waals surface area contributed by atoms with Gasteiger partial charge in [0.2, 0.25) is 0 Å². The van der Waals surface area contributed by atoms with E-state index in [-0.39, 0.29) is 6.04 Å². The summed E-state index contributed by atoms with van der Waals surface area (Å²) < 4.78 is 5.28. The first-order valence-electron chi connectivity index (χ1n) is 6.28. The van der Waals surface area contributed by atoms with Crippen LogP contribution in [0.1, 0.15) is 18.5 Å². The third-order valence-corrected chi connectivity index (χ3v) is 3.51. The van der Waals surface area contributed by atoms with Gasteiger partial charge in [0.1, 0.15) is 5.75 Å². The maximum Gasteiger partial charge on any atom is 0.415 e. The van der Waals surface area contributed by atoms with E-state index in [2.05, 4.69) is 4.98 Å². The van der Waals surface area contributed by atoms with E-state index in [0.29, 0.717) is 15.8 Å². The van der Waals surface area contributed by atoms with Crippen LogP contribution in [0.2, 0.25) is 10.0 Å². The summed E-state index contributed by atoms with van der Waals surface area (Å²) in [5.74, 6) is 0.308. The van der Waals surface area contributed by atoms with Gasteiger partial charge in [-0.25, -0.2) is 4.79 Å². The lowest BCUT2D eigenvalue weighted by Gasteiger charge is -2.24. The molecule has 1 heterocycles. The molecule has 2 aromatic rings. The molecule has 0 radical (unpaired) electrons. The lowest BCUT2D eigenvalue weighted by Crippen LogP contribution is -2.32. The standard InChI is InChI=1S/C15H14Cl2N2O2/c1-10(11-4-3-5-18-9-11)19(2)15(20)21-14-7-12(16)6-13(17)8-14/h3-10H,1-2H3/t10-/m1/s1. The molecule has 0 unspecified atom stereocenters. The molecule has 1 aromatic heterocycles. The fraction of sp³-hybridized carbons (Fsp3) is 0.200. The number of rotatable bonds is 3. The molecular weight excluding hydrogens is 311 g/mol. The predicted octanol–water partition coefficient (Wildman–Crippen LogP) is 4.58. The molecule has 0 saturated carbocycles. The Labute approximate surface area is 133 Å². The Morgan fingerprint density at radius 3 is 2.52 bits per heavy atom. The number of halogens is 2. The molecule has 6 heteroatoms. The smallest absolute Gasteiger partial charge is 0.410 e.